The zero-order valence-electron chi connectivity index (χ0n) is 10.1. The molecule has 0 amide bonds. The van der Waals surface area contributed by atoms with Crippen molar-refractivity contribution in [2.45, 2.75) is 19.9 Å². The molecule has 88 valence electrons. The minimum atomic E-state index is 0.330. The molecule has 1 N–H and O–H groups in total. The third-order valence-corrected chi connectivity index (χ3v) is 3.60. The summed E-state index contributed by atoms with van der Waals surface area (Å²) in [7, 11) is 0. The number of anilines is 1. The molecule has 0 aliphatic heterocycles. The quantitative estimate of drug-likeness (QED) is 0.796. The molecule has 1 nitrogen and oxygen atoms in total. The lowest BCUT2D eigenvalue weighted by atomic mass is 10.0. The second-order valence-electron chi connectivity index (χ2n) is 4.23. The van der Waals surface area contributed by atoms with Crippen LogP contribution in [0.3, 0.4) is 0 Å². The summed E-state index contributed by atoms with van der Waals surface area (Å²) in [6, 6.07) is 17.3. The second-order valence-corrected chi connectivity index (χ2v) is 5.48. The molecule has 0 aliphatic carbocycles. The largest absolute Gasteiger partial charge is 0.379 e. The lowest BCUT2D eigenvalue weighted by Crippen LogP contribution is -2.07. The van der Waals surface area contributed by atoms with Crippen molar-refractivity contribution in [3.63, 3.8) is 0 Å². The molecule has 2 heteroatoms. The molecule has 0 radical (unpaired) electrons. The van der Waals surface area contributed by atoms with Gasteiger partial charge < -0.3 is 5.32 Å². The molecule has 2 rings (SSSR count). The topological polar surface area (TPSA) is 12.0 Å². The highest BCUT2D eigenvalue weighted by atomic mass is 127. The maximum Gasteiger partial charge on any atom is 0.0488 e. The molecule has 17 heavy (non-hydrogen) atoms. The van der Waals surface area contributed by atoms with Gasteiger partial charge in [0.25, 0.3) is 0 Å². The summed E-state index contributed by atoms with van der Waals surface area (Å²) in [6.45, 7) is 4.35. The van der Waals surface area contributed by atoms with Gasteiger partial charge in [-0.25, -0.2) is 0 Å². The first kappa shape index (κ1) is 12.4. The zero-order chi connectivity index (χ0) is 12.3. The van der Waals surface area contributed by atoms with Crippen LogP contribution >= 0.6 is 22.6 Å². The zero-order valence-corrected chi connectivity index (χ0v) is 12.2. The smallest absolute Gasteiger partial charge is 0.0488 e. The summed E-state index contributed by atoms with van der Waals surface area (Å²) in [6.07, 6.45) is 0. The van der Waals surface area contributed by atoms with E-state index in [0.29, 0.717) is 6.04 Å². The molecular weight excluding hydrogens is 321 g/mol. The van der Waals surface area contributed by atoms with Gasteiger partial charge in [-0.3, -0.25) is 0 Å². The van der Waals surface area contributed by atoms with Gasteiger partial charge in [0.2, 0.25) is 0 Å². The van der Waals surface area contributed by atoms with Gasteiger partial charge in [0.05, 0.1) is 0 Å². The van der Waals surface area contributed by atoms with Gasteiger partial charge in [-0.15, -0.1) is 0 Å². The fourth-order valence-electron chi connectivity index (χ4n) is 1.95. The van der Waals surface area contributed by atoms with Crippen LogP contribution in [-0.2, 0) is 0 Å². The molecule has 0 spiro atoms. The number of benzene rings is 2. The minimum absolute atomic E-state index is 0.330. The Bertz CT molecular complexity index is 491. The third-order valence-electron chi connectivity index (χ3n) is 2.88. The van der Waals surface area contributed by atoms with Crippen LogP contribution in [0.25, 0.3) is 0 Å². The summed E-state index contributed by atoms with van der Waals surface area (Å²) < 4.78 is 1.26. The molecular formula is C15H16IN. The van der Waals surface area contributed by atoms with Gasteiger partial charge in [0, 0.05) is 15.3 Å². The molecule has 2 aromatic carbocycles. The van der Waals surface area contributed by atoms with Crippen molar-refractivity contribution in [2.75, 3.05) is 5.32 Å². The van der Waals surface area contributed by atoms with E-state index in [1.165, 1.54) is 20.4 Å². The number of halogens is 1. The summed E-state index contributed by atoms with van der Waals surface area (Å²) in [5, 5.41) is 3.52. The molecule has 2 aromatic rings. The Morgan fingerprint density at radius 1 is 1.00 bits per heavy atom. The Balaban J connectivity index is 2.14. The van der Waals surface area contributed by atoms with Crippen LogP contribution in [0.2, 0.25) is 0 Å². The predicted octanol–water partition coefficient (Wildman–Crippen LogP) is 4.77. The van der Waals surface area contributed by atoms with E-state index in [1.54, 1.807) is 0 Å². The first-order valence-electron chi connectivity index (χ1n) is 5.74. The summed E-state index contributed by atoms with van der Waals surface area (Å²) in [5.74, 6) is 0. The van der Waals surface area contributed by atoms with Gasteiger partial charge >= 0.3 is 0 Å². The van der Waals surface area contributed by atoms with E-state index in [4.69, 9.17) is 0 Å². The van der Waals surface area contributed by atoms with Crippen molar-refractivity contribution < 1.29 is 0 Å². The van der Waals surface area contributed by atoms with Crippen LogP contribution in [0.4, 0.5) is 5.69 Å². The van der Waals surface area contributed by atoms with Crippen molar-refractivity contribution >= 4 is 28.3 Å². The fourth-order valence-corrected chi connectivity index (χ4v) is 2.31. The van der Waals surface area contributed by atoms with Crippen LogP contribution in [0, 0.1) is 10.5 Å². The number of nitrogens with one attached hydrogen (secondary N) is 1. The fraction of sp³-hybridized carbons (Fsp3) is 0.200. The summed E-state index contributed by atoms with van der Waals surface area (Å²) >= 11 is 2.32. The van der Waals surface area contributed by atoms with Gasteiger partial charge in [0.15, 0.2) is 0 Å². The molecule has 0 bridgehead atoms. The van der Waals surface area contributed by atoms with Crippen molar-refractivity contribution in [3.8, 4) is 0 Å². The Kier molecular flexibility index (Phi) is 4.05. The van der Waals surface area contributed by atoms with E-state index in [0.717, 1.165) is 0 Å². The Labute approximate surface area is 116 Å². The highest BCUT2D eigenvalue weighted by Gasteiger charge is 2.07. The van der Waals surface area contributed by atoms with Gasteiger partial charge in [-0.05, 0) is 71.8 Å². The van der Waals surface area contributed by atoms with E-state index in [9.17, 15) is 0 Å². The molecule has 0 fully saturated rings. The average Bonchev–Trinajstić information content (AvgIpc) is 2.32. The molecule has 1 unspecified atom stereocenters. The molecule has 0 heterocycles. The standard InChI is InChI=1S/C15H16IN/c1-11-5-3-4-6-15(11)12(2)17-14-9-7-13(16)8-10-14/h3-10,12,17H,1-2H3. The maximum absolute atomic E-state index is 3.52. The van der Waals surface area contributed by atoms with Gasteiger partial charge in [-0.2, -0.15) is 0 Å². The summed E-state index contributed by atoms with van der Waals surface area (Å²) in [4.78, 5) is 0. The van der Waals surface area contributed by atoms with Crippen molar-refractivity contribution in [1.29, 1.82) is 0 Å². The number of aryl methyl sites for hydroxylation is 1. The molecule has 0 saturated heterocycles. The van der Waals surface area contributed by atoms with Crippen LogP contribution < -0.4 is 5.32 Å². The first-order chi connectivity index (χ1) is 8.16. The minimum Gasteiger partial charge on any atom is -0.379 e. The number of hydrogen-bond acceptors (Lipinski definition) is 1. The first-order valence-corrected chi connectivity index (χ1v) is 6.82. The maximum atomic E-state index is 3.52. The molecule has 0 aromatic heterocycles. The highest BCUT2D eigenvalue weighted by molar-refractivity contribution is 14.1. The molecule has 1 atom stereocenters. The summed E-state index contributed by atoms with van der Waals surface area (Å²) in [5.41, 5.74) is 3.85. The van der Waals surface area contributed by atoms with E-state index >= 15 is 0 Å². The van der Waals surface area contributed by atoms with Gasteiger partial charge in [-0.1, -0.05) is 24.3 Å². The highest BCUT2D eigenvalue weighted by Crippen LogP contribution is 2.22. The predicted molar refractivity (Wildman–Crippen MR) is 82.4 cm³/mol. The van der Waals surface area contributed by atoms with E-state index in [1.807, 2.05) is 0 Å². The van der Waals surface area contributed by atoms with Crippen LogP contribution in [-0.4, -0.2) is 0 Å². The monoisotopic (exact) mass is 337 g/mol. The normalized spacial score (nSPS) is 12.2. The van der Waals surface area contributed by atoms with Crippen LogP contribution in [0.15, 0.2) is 48.5 Å². The van der Waals surface area contributed by atoms with E-state index in [-0.39, 0.29) is 0 Å². The van der Waals surface area contributed by atoms with E-state index < -0.39 is 0 Å². The Morgan fingerprint density at radius 3 is 2.29 bits per heavy atom. The van der Waals surface area contributed by atoms with Crippen molar-refractivity contribution in [1.82, 2.24) is 0 Å². The van der Waals surface area contributed by atoms with Crippen LogP contribution in [0.5, 0.6) is 0 Å². The van der Waals surface area contributed by atoms with Gasteiger partial charge in [0.1, 0.15) is 0 Å². The van der Waals surface area contributed by atoms with Crippen molar-refractivity contribution in [2.24, 2.45) is 0 Å². The van der Waals surface area contributed by atoms with E-state index in [2.05, 4.69) is 90.3 Å². The second kappa shape index (κ2) is 5.54. The number of rotatable bonds is 3. The lowest BCUT2D eigenvalue weighted by molar-refractivity contribution is 0.874. The molecule has 0 aliphatic rings. The lowest BCUT2D eigenvalue weighted by Gasteiger charge is -2.17. The van der Waals surface area contributed by atoms with Crippen molar-refractivity contribution in [3.05, 3.63) is 63.2 Å². The Hall–Kier alpha value is -1.03. The Morgan fingerprint density at radius 2 is 1.65 bits per heavy atom. The molecule has 0 saturated carbocycles. The number of hydrogen-bond donors (Lipinski definition) is 1. The van der Waals surface area contributed by atoms with Crippen LogP contribution in [0.1, 0.15) is 24.1 Å². The average molecular weight is 337 g/mol. The SMILES string of the molecule is Cc1ccccc1C(C)Nc1ccc(I)cc1. The third kappa shape index (κ3) is 3.22.